The third-order valence-electron chi connectivity index (χ3n) is 3.87. The average Bonchev–Trinajstić information content (AvgIpc) is 3.25. The minimum atomic E-state index is -0.153. The predicted molar refractivity (Wildman–Crippen MR) is 116 cm³/mol. The minimum absolute atomic E-state index is 0.153. The standard InChI is InChI=1S/C20H13BrClN3OS/c21-13-3-7-15(8-4-13)23-20-24-19(26)18(27-20)12-17-2-1-11-25(17)16-9-5-14(22)6-10-16/h1-12H,(H,23,24,26)/b18-12-. The van der Waals surface area contributed by atoms with Gasteiger partial charge >= 0.3 is 0 Å². The molecule has 1 aliphatic rings. The highest BCUT2D eigenvalue weighted by Crippen LogP contribution is 2.29. The van der Waals surface area contributed by atoms with Gasteiger partial charge in [0, 0.05) is 27.1 Å². The number of carbonyl (C=O) groups is 1. The first-order chi connectivity index (χ1) is 13.1. The Labute approximate surface area is 174 Å². The van der Waals surface area contributed by atoms with Crippen LogP contribution in [0.25, 0.3) is 11.8 Å². The van der Waals surface area contributed by atoms with Gasteiger partial charge in [-0.25, -0.2) is 4.99 Å². The van der Waals surface area contributed by atoms with Gasteiger partial charge in [-0.05, 0) is 78.5 Å². The molecule has 1 saturated heterocycles. The molecule has 1 aromatic heterocycles. The van der Waals surface area contributed by atoms with E-state index in [1.165, 1.54) is 11.8 Å². The summed E-state index contributed by atoms with van der Waals surface area (Å²) >= 11 is 10.7. The van der Waals surface area contributed by atoms with E-state index in [9.17, 15) is 4.79 Å². The third-order valence-corrected chi connectivity index (χ3v) is 5.56. The van der Waals surface area contributed by atoms with Gasteiger partial charge < -0.3 is 9.88 Å². The first kappa shape index (κ1) is 18.1. The van der Waals surface area contributed by atoms with E-state index in [0.29, 0.717) is 15.1 Å². The lowest BCUT2D eigenvalue weighted by Gasteiger charge is -2.06. The van der Waals surface area contributed by atoms with Crippen LogP contribution in [0.5, 0.6) is 0 Å². The molecule has 1 amide bonds. The summed E-state index contributed by atoms with van der Waals surface area (Å²) in [6.45, 7) is 0. The number of hydrogen-bond donors (Lipinski definition) is 1. The summed E-state index contributed by atoms with van der Waals surface area (Å²) in [6, 6.07) is 19.1. The van der Waals surface area contributed by atoms with Crippen molar-refractivity contribution < 1.29 is 4.79 Å². The summed E-state index contributed by atoms with van der Waals surface area (Å²) in [5.74, 6) is -0.153. The Morgan fingerprint density at radius 3 is 2.56 bits per heavy atom. The maximum absolute atomic E-state index is 12.3. The van der Waals surface area contributed by atoms with Crippen LogP contribution in [0, 0.1) is 0 Å². The lowest BCUT2D eigenvalue weighted by Crippen LogP contribution is -2.19. The highest BCUT2D eigenvalue weighted by molar-refractivity contribution is 9.10. The minimum Gasteiger partial charge on any atom is -0.317 e. The topological polar surface area (TPSA) is 46.4 Å². The normalized spacial score (nSPS) is 16.9. The van der Waals surface area contributed by atoms with Gasteiger partial charge in [0.1, 0.15) is 0 Å². The number of rotatable bonds is 3. The van der Waals surface area contributed by atoms with E-state index in [1.54, 1.807) is 0 Å². The number of carbonyl (C=O) groups excluding carboxylic acids is 1. The summed E-state index contributed by atoms with van der Waals surface area (Å²) in [5.41, 5.74) is 2.66. The summed E-state index contributed by atoms with van der Waals surface area (Å²) in [5, 5.41) is 4.07. The van der Waals surface area contributed by atoms with Gasteiger partial charge in [0.25, 0.3) is 5.91 Å². The zero-order chi connectivity index (χ0) is 18.8. The van der Waals surface area contributed by atoms with Crippen molar-refractivity contribution in [1.82, 2.24) is 9.88 Å². The number of amides is 1. The Morgan fingerprint density at radius 1 is 1.07 bits per heavy atom. The van der Waals surface area contributed by atoms with Crippen LogP contribution in [0.15, 0.2) is 81.2 Å². The van der Waals surface area contributed by atoms with E-state index >= 15 is 0 Å². The molecule has 1 fully saturated rings. The van der Waals surface area contributed by atoms with Gasteiger partial charge in [0.2, 0.25) is 0 Å². The number of aliphatic imine (C=N–C) groups is 1. The average molecular weight is 459 g/mol. The number of amidine groups is 1. The number of nitrogens with zero attached hydrogens (tertiary/aromatic N) is 2. The van der Waals surface area contributed by atoms with Gasteiger partial charge in [-0.3, -0.25) is 4.79 Å². The molecular formula is C20H13BrClN3OS. The quantitative estimate of drug-likeness (QED) is 0.505. The Hall–Kier alpha value is -2.28. The van der Waals surface area contributed by atoms with E-state index in [4.69, 9.17) is 11.6 Å². The Bertz CT molecular complexity index is 1060. The Morgan fingerprint density at radius 2 is 1.81 bits per heavy atom. The highest BCUT2D eigenvalue weighted by Gasteiger charge is 2.24. The first-order valence-electron chi connectivity index (χ1n) is 8.07. The fraction of sp³-hybridized carbons (Fsp3) is 0. The van der Waals surface area contributed by atoms with E-state index in [1.807, 2.05) is 77.5 Å². The molecule has 7 heteroatoms. The molecule has 134 valence electrons. The predicted octanol–water partition coefficient (Wildman–Crippen LogP) is 5.78. The summed E-state index contributed by atoms with van der Waals surface area (Å²) in [6.07, 6.45) is 3.81. The van der Waals surface area contributed by atoms with Crippen molar-refractivity contribution >= 4 is 62.1 Å². The summed E-state index contributed by atoms with van der Waals surface area (Å²) in [7, 11) is 0. The molecular weight excluding hydrogens is 446 g/mol. The molecule has 0 bridgehead atoms. The Balaban J connectivity index is 1.60. The van der Waals surface area contributed by atoms with Crippen molar-refractivity contribution in [3.63, 3.8) is 0 Å². The Kier molecular flexibility index (Phi) is 5.20. The van der Waals surface area contributed by atoms with Gasteiger partial charge in [0.15, 0.2) is 5.17 Å². The smallest absolute Gasteiger partial charge is 0.264 e. The van der Waals surface area contributed by atoms with Crippen LogP contribution in [-0.2, 0) is 4.79 Å². The van der Waals surface area contributed by atoms with Crippen LogP contribution in [-0.4, -0.2) is 15.6 Å². The van der Waals surface area contributed by atoms with Gasteiger partial charge in [0.05, 0.1) is 10.6 Å². The third kappa shape index (κ3) is 4.18. The van der Waals surface area contributed by atoms with E-state index in [2.05, 4.69) is 26.2 Å². The van der Waals surface area contributed by atoms with Gasteiger partial charge in [-0.15, -0.1) is 0 Å². The van der Waals surface area contributed by atoms with Crippen LogP contribution in [0.4, 0.5) is 5.69 Å². The van der Waals surface area contributed by atoms with Crippen LogP contribution >= 0.6 is 39.3 Å². The molecule has 0 spiro atoms. The lowest BCUT2D eigenvalue weighted by molar-refractivity contribution is -0.115. The fourth-order valence-electron chi connectivity index (χ4n) is 2.60. The number of nitrogens with one attached hydrogen (secondary N) is 1. The van der Waals surface area contributed by atoms with E-state index < -0.39 is 0 Å². The van der Waals surface area contributed by atoms with Crippen molar-refractivity contribution in [3.05, 3.63) is 87.0 Å². The number of halogens is 2. The SMILES string of the molecule is O=C1NC(=Nc2ccc(Br)cc2)S/C1=C\c1cccn1-c1ccc(Cl)cc1. The number of aromatic nitrogens is 1. The highest BCUT2D eigenvalue weighted by atomic mass is 79.9. The second-order valence-corrected chi connectivity index (χ2v) is 8.12. The molecule has 0 unspecified atom stereocenters. The van der Waals surface area contributed by atoms with E-state index in [-0.39, 0.29) is 5.91 Å². The molecule has 3 aromatic rings. The molecule has 4 rings (SSSR count). The van der Waals surface area contributed by atoms with Crippen molar-refractivity contribution in [2.75, 3.05) is 0 Å². The second kappa shape index (κ2) is 7.76. The van der Waals surface area contributed by atoms with Crippen molar-refractivity contribution in [1.29, 1.82) is 0 Å². The van der Waals surface area contributed by atoms with E-state index in [0.717, 1.165) is 21.5 Å². The number of hydrogen-bond acceptors (Lipinski definition) is 3. The van der Waals surface area contributed by atoms with Crippen molar-refractivity contribution in [3.8, 4) is 5.69 Å². The van der Waals surface area contributed by atoms with Crippen molar-refractivity contribution in [2.24, 2.45) is 4.99 Å². The molecule has 1 aliphatic heterocycles. The van der Waals surface area contributed by atoms with Crippen molar-refractivity contribution in [2.45, 2.75) is 0 Å². The number of benzene rings is 2. The van der Waals surface area contributed by atoms with Crippen LogP contribution in [0.3, 0.4) is 0 Å². The van der Waals surface area contributed by atoms with Crippen LogP contribution in [0.1, 0.15) is 5.69 Å². The maximum atomic E-state index is 12.3. The van der Waals surface area contributed by atoms with Crippen LogP contribution < -0.4 is 5.32 Å². The molecule has 2 heterocycles. The summed E-state index contributed by atoms with van der Waals surface area (Å²) in [4.78, 5) is 17.4. The second-order valence-electron chi connectivity index (χ2n) is 5.74. The number of thioether (sulfide) groups is 1. The summed E-state index contributed by atoms with van der Waals surface area (Å²) < 4.78 is 2.99. The zero-order valence-electron chi connectivity index (χ0n) is 13.9. The largest absolute Gasteiger partial charge is 0.317 e. The maximum Gasteiger partial charge on any atom is 0.264 e. The molecule has 27 heavy (non-hydrogen) atoms. The zero-order valence-corrected chi connectivity index (χ0v) is 17.1. The molecule has 0 radical (unpaired) electrons. The van der Waals surface area contributed by atoms with Gasteiger partial charge in [-0.2, -0.15) is 0 Å². The molecule has 2 aromatic carbocycles. The first-order valence-corrected chi connectivity index (χ1v) is 10.1. The molecule has 0 saturated carbocycles. The molecule has 0 aliphatic carbocycles. The van der Waals surface area contributed by atoms with Crippen LogP contribution in [0.2, 0.25) is 5.02 Å². The molecule has 1 N–H and O–H groups in total. The molecule has 4 nitrogen and oxygen atoms in total. The fourth-order valence-corrected chi connectivity index (χ4v) is 3.81. The monoisotopic (exact) mass is 457 g/mol. The molecule has 0 atom stereocenters. The lowest BCUT2D eigenvalue weighted by atomic mass is 10.3. The van der Waals surface area contributed by atoms with Gasteiger partial charge in [-0.1, -0.05) is 27.5 Å².